The Morgan fingerprint density at radius 1 is 1.07 bits per heavy atom. The summed E-state index contributed by atoms with van der Waals surface area (Å²) >= 11 is 0. The van der Waals surface area contributed by atoms with E-state index in [4.69, 9.17) is 0 Å². The zero-order valence-corrected chi connectivity index (χ0v) is 16.4. The minimum Gasteiger partial charge on any atom is -0.319 e. The normalized spacial score (nSPS) is 11.5. The summed E-state index contributed by atoms with van der Waals surface area (Å²) in [6.45, 7) is 4.35. The highest BCUT2D eigenvalue weighted by Crippen LogP contribution is 2.19. The SMILES string of the molecule is CCN(CC)S(=O)(=O)c1ccc(C(=O)Nc2cccnc2-n2cccn2)cc1. The molecule has 8 nitrogen and oxygen atoms in total. The van der Waals surface area contributed by atoms with Gasteiger partial charge in [-0.25, -0.2) is 18.1 Å². The largest absolute Gasteiger partial charge is 0.319 e. The smallest absolute Gasteiger partial charge is 0.255 e. The molecule has 1 aromatic carbocycles. The van der Waals surface area contributed by atoms with E-state index in [2.05, 4.69) is 15.4 Å². The molecule has 0 unspecified atom stereocenters. The molecule has 0 bridgehead atoms. The fourth-order valence-corrected chi connectivity index (χ4v) is 4.21. The average Bonchev–Trinajstić information content (AvgIpc) is 3.24. The molecule has 0 aliphatic carbocycles. The number of anilines is 1. The van der Waals surface area contributed by atoms with Crippen LogP contribution in [0.1, 0.15) is 24.2 Å². The van der Waals surface area contributed by atoms with Gasteiger partial charge in [-0.1, -0.05) is 13.8 Å². The Balaban J connectivity index is 1.82. The Hall–Kier alpha value is -3.04. The summed E-state index contributed by atoms with van der Waals surface area (Å²) in [6, 6.07) is 11.1. The third-order valence-electron chi connectivity index (χ3n) is 4.22. The topological polar surface area (TPSA) is 97.2 Å². The maximum Gasteiger partial charge on any atom is 0.255 e. The van der Waals surface area contributed by atoms with Crippen molar-refractivity contribution in [3.8, 4) is 5.82 Å². The number of sulfonamides is 1. The molecule has 0 fully saturated rings. The van der Waals surface area contributed by atoms with Crippen LogP contribution < -0.4 is 5.32 Å². The van der Waals surface area contributed by atoms with Gasteiger partial charge in [0.2, 0.25) is 10.0 Å². The molecule has 0 aliphatic rings. The molecule has 1 amide bonds. The van der Waals surface area contributed by atoms with Gasteiger partial charge in [0.05, 0.1) is 10.6 Å². The summed E-state index contributed by atoms with van der Waals surface area (Å²) in [6.07, 6.45) is 4.96. The zero-order valence-electron chi connectivity index (χ0n) is 15.6. The first kappa shape index (κ1) is 19.7. The molecule has 1 N–H and O–H groups in total. The lowest BCUT2D eigenvalue weighted by Crippen LogP contribution is -2.30. The third kappa shape index (κ3) is 3.95. The van der Waals surface area contributed by atoms with Gasteiger partial charge >= 0.3 is 0 Å². The van der Waals surface area contributed by atoms with E-state index in [9.17, 15) is 13.2 Å². The molecule has 0 radical (unpaired) electrons. The number of rotatable bonds is 7. The molecule has 9 heteroatoms. The molecule has 0 saturated heterocycles. The number of pyridine rings is 1. The average molecular weight is 399 g/mol. The van der Waals surface area contributed by atoms with Crippen LogP contribution in [0, 0.1) is 0 Å². The highest BCUT2D eigenvalue weighted by molar-refractivity contribution is 7.89. The van der Waals surface area contributed by atoms with Crippen LogP contribution in [-0.4, -0.2) is 46.5 Å². The molecule has 0 aliphatic heterocycles. The number of carbonyl (C=O) groups is 1. The predicted octanol–water partition coefficient (Wildman–Crippen LogP) is 2.55. The van der Waals surface area contributed by atoms with Crippen LogP contribution in [0.5, 0.6) is 0 Å². The van der Waals surface area contributed by atoms with Crippen molar-refractivity contribution in [3.63, 3.8) is 0 Å². The lowest BCUT2D eigenvalue weighted by Gasteiger charge is -2.18. The van der Waals surface area contributed by atoms with E-state index in [-0.39, 0.29) is 10.8 Å². The van der Waals surface area contributed by atoms with Crippen molar-refractivity contribution >= 4 is 21.6 Å². The van der Waals surface area contributed by atoms with Crippen LogP contribution in [0.3, 0.4) is 0 Å². The van der Waals surface area contributed by atoms with E-state index in [1.54, 1.807) is 55.3 Å². The third-order valence-corrected chi connectivity index (χ3v) is 6.28. The summed E-state index contributed by atoms with van der Waals surface area (Å²) in [5, 5.41) is 6.93. The molecule has 3 rings (SSSR count). The molecule has 0 saturated carbocycles. The van der Waals surface area contributed by atoms with Crippen LogP contribution in [0.4, 0.5) is 5.69 Å². The first-order chi connectivity index (χ1) is 13.5. The maximum atomic E-state index is 12.6. The molecule has 146 valence electrons. The van der Waals surface area contributed by atoms with Crippen molar-refractivity contribution in [2.24, 2.45) is 0 Å². The van der Waals surface area contributed by atoms with Gasteiger partial charge in [-0.3, -0.25) is 4.79 Å². The Morgan fingerprint density at radius 3 is 2.39 bits per heavy atom. The molecule has 0 spiro atoms. The van der Waals surface area contributed by atoms with Crippen molar-refractivity contribution in [3.05, 3.63) is 66.6 Å². The first-order valence-electron chi connectivity index (χ1n) is 8.84. The molecule has 2 heterocycles. The quantitative estimate of drug-likeness (QED) is 0.658. The van der Waals surface area contributed by atoms with Gasteiger partial charge in [0.25, 0.3) is 5.91 Å². The second kappa shape index (κ2) is 8.32. The predicted molar refractivity (Wildman–Crippen MR) is 106 cm³/mol. The Morgan fingerprint density at radius 2 is 1.79 bits per heavy atom. The molecular weight excluding hydrogens is 378 g/mol. The monoisotopic (exact) mass is 399 g/mol. The minimum atomic E-state index is -3.56. The molecular formula is C19H21N5O3S. The minimum absolute atomic E-state index is 0.159. The van der Waals surface area contributed by atoms with Crippen molar-refractivity contribution in [2.75, 3.05) is 18.4 Å². The standard InChI is InChI=1S/C19H21N5O3S/c1-3-23(4-2)28(26,27)16-10-8-15(9-11-16)19(25)22-17-7-5-12-20-18(17)24-14-6-13-21-24/h5-14H,3-4H2,1-2H3,(H,22,25). The second-order valence-electron chi connectivity index (χ2n) is 5.89. The Labute approximate surface area is 163 Å². The second-order valence-corrected chi connectivity index (χ2v) is 7.83. The van der Waals surface area contributed by atoms with E-state index >= 15 is 0 Å². The summed E-state index contributed by atoms with van der Waals surface area (Å²) in [7, 11) is -3.56. The van der Waals surface area contributed by atoms with Crippen molar-refractivity contribution in [1.29, 1.82) is 0 Å². The summed E-state index contributed by atoms with van der Waals surface area (Å²) in [4.78, 5) is 17.0. The number of amides is 1. The van der Waals surface area contributed by atoms with Crippen molar-refractivity contribution in [2.45, 2.75) is 18.7 Å². The van der Waals surface area contributed by atoms with Crippen LogP contribution in [0.25, 0.3) is 5.82 Å². The van der Waals surface area contributed by atoms with Gasteiger partial charge in [-0.05, 0) is 42.5 Å². The number of hydrogen-bond acceptors (Lipinski definition) is 5. The van der Waals surface area contributed by atoms with E-state index < -0.39 is 10.0 Å². The lowest BCUT2D eigenvalue weighted by atomic mass is 10.2. The highest BCUT2D eigenvalue weighted by atomic mass is 32.2. The lowest BCUT2D eigenvalue weighted by molar-refractivity contribution is 0.102. The van der Waals surface area contributed by atoms with Gasteiger partial charge in [0, 0.05) is 37.2 Å². The Kier molecular flexibility index (Phi) is 5.86. The molecule has 2 aromatic heterocycles. The van der Waals surface area contributed by atoms with Gasteiger partial charge < -0.3 is 5.32 Å². The van der Waals surface area contributed by atoms with E-state index in [0.717, 1.165) is 0 Å². The fraction of sp³-hybridized carbons (Fsp3) is 0.211. The van der Waals surface area contributed by atoms with Crippen LogP contribution in [0.2, 0.25) is 0 Å². The van der Waals surface area contributed by atoms with Gasteiger partial charge in [-0.2, -0.15) is 9.40 Å². The summed E-state index contributed by atoms with van der Waals surface area (Å²) < 4.78 is 28.0. The Bertz CT molecular complexity index is 1040. The number of nitrogens with zero attached hydrogens (tertiary/aromatic N) is 4. The molecule has 0 atom stereocenters. The van der Waals surface area contributed by atoms with Crippen LogP contribution in [0.15, 0.2) is 66.0 Å². The number of aromatic nitrogens is 3. The van der Waals surface area contributed by atoms with E-state index in [0.29, 0.717) is 30.2 Å². The zero-order chi connectivity index (χ0) is 20.1. The van der Waals surface area contributed by atoms with Crippen LogP contribution >= 0.6 is 0 Å². The van der Waals surface area contributed by atoms with E-state index in [1.165, 1.54) is 28.6 Å². The maximum absolute atomic E-state index is 12.6. The summed E-state index contributed by atoms with van der Waals surface area (Å²) in [5.41, 5.74) is 0.838. The number of nitrogens with one attached hydrogen (secondary N) is 1. The summed E-state index contributed by atoms with van der Waals surface area (Å²) in [5.74, 6) is 0.120. The highest BCUT2D eigenvalue weighted by Gasteiger charge is 2.21. The van der Waals surface area contributed by atoms with Gasteiger partial charge in [-0.15, -0.1) is 0 Å². The van der Waals surface area contributed by atoms with E-state index in [1.807, 2.05) is 0 Å². The van der Waals surface area contributed by atoms with Crippen molar-refractivity contribution < 1.29 is 13.2 Å². The fourth-order valence-electron chi connectivity index (χ4n) is 2.76. The number of hydrogen-bond donors (Lipinski definition) is 1. The van der Waals surface area contributed by atoms with Gasteiger partial charge in [0.1, 0.15) is 0 Å². The first-order valence-corrected chi connectivity index (χ1v) is 10.3. The van der Waals surface area contributed by atoms with Crippen molar-refractivity contribution in [1.82, 2.24) is 19.1 Å². The molecule has 3 aromatic rings. The number of benzene rings is 1. The van der Waals surface area contributed by atoms with Gasteiger partial charge in [0.15, 0.2) is 5.82 Å². The molecule has 28 heavy (non-hydrogen) atoms. The van der Waals surface area contributed by atoms with Crippen LogP contribution in [-0.2, 0) is 10.0 Å². The number of carbonyl (C=O) groups excluding carboxylic acids is 1.